The van der Waals surface area contributed by atoms with Gasteiger partial charge in [0.15, 0.2) is 0 Å². The standard InChI is InChI=1S/C32H63NO3/c1-3-5-7-9-11-12-13-14-15-16-17-18-19-20-21-22-24-26-28-32(36)33-30(29-34)31(35)27-25-23-10-8-6-4-2/h15-16,30-31,34-35H,3-14,17-29H2,1-2H3,(H,33,36)/b16-15-. The van der Waals surface area contributed by atoms with Crippen LogP contribution in [0.1, 0.15) is 168 Å². The minimum absolute atomic E-state index is 0.0423. The van der Waals surface area contributed by atoms with Crippen molar-refractivity contribution in [2.45, 2.75) is 180 Å². The zero-order valence-corrected chi connectivity index (χ0v) is 24.3. The van der Waals surface area contributed by atoms with Gasteiger partial charge < -0.3 is 15.5 Å². The number of amides is 1. The van der Waals surface area contributed by atoms with Crippen molar-refractivity contribution >= 4 is 5.91 Å². The molecular formula is C32H63NO3. The second kappa shape index (κ2) is 28.7. The van der Waals surface area contributed by atoms with Crippen LogP contribution in [0.3, 0.4) is 0 Å². The van der Waals surface area contributed by atoms with E-state index in [9.17, 15) is 15.0 Å². The van der Waals surface area contributed by atoms with Crippen molar-refractivity contribution in [3.63, 3.8) is 0 Å². The van der Waals surface area contributed by atoms with Crippen LogP contribution >= 0.6 is 0 Å². The Morgan fingerprint density at radius 2 is 1.06 bits per heavy atom. The van der Waals surface area contributed by atoms with Gasteiger partial charge in [-0.2, -0.15) is 0 Å². The smallest absolute Gasteiger partial charge is 0.220 e. The van der Waals surface area contributed by atoms with Crippen molar-refractivity contribution in [2.75, 3.05) is 6.61 Å². The van der Waals surface area contributed by atoms with Gasteiger partial charge in [0.2, 0.25) is 5.91 Å². The Balaban J connectivity index is 3.52. The van der Waals surface area contributed by atoms with Crippen molar-refractivity contribution < 1.29 is 15.0 Å². The van der Waals surface area contributed by atoms with E-state index in [4.69, 9.17) is 0 Å². The Morgan fingerprint density at radius 1 is 0.639 bits per heavy atom. The molecule has 0 radical (unpaired) electrons. The third-order valence-electron chi connectivity index (χ3n) is 7.28. The van der Waals surface area contributed by atoms with E-state index in [1.54, 1.807) is 0 Å². The Bertz CT molecular complexity index is 480. The zero-order chi connectivity index (χ0) is 26.5. The largest absolute Gasteiger partial charge is 0.394 e. The van der Waals surface area contributed by atoms with E-state index in [1.807, 2.05) is 0 Å². The van der Waals surface area contributed by atoms with Crippen LogP contribution in [0.25, 0.3) is 0 Å². The topological polar surface area (TPSA) is 69.6 Å². The van der Waals surface area contributed by atoms with Crippen LogP contribution in [0, 0.1) is 0 Å². The van der Waals surface area contributed by atoms with Crippen molar-refractivity contribution in [2.24, 2.45) is 0 Å². The molecular weight excluding hydrogens is 446 g/mol. The highest BCUT2D eigenvalue weighted by atomic mass is 16.3. The van der Waals surface area contributed by atoms with Crippen LogP contribution in [0.15, 0.2) is 12.2 Å². The fourth-order valence-corrected chi connectivity index (χ4v) is 4.76. The summed E-state index contributed by atoms with van der Waals surface area (Å²) in [5.74, 6) is -0.0423. The van der Waals surface area contributed by atoms with E-state index in [-0.39, 0.29) is 12.5 Å². The van der Waals surface area contributed by atoms with Crippen LogP contribution in [-0.4, -0.2) is 34.9 Å². The van der Waals surface area contributed by atoms with Gasteiger partial charge in [-0.3, -0.25) is 4.79 Å². The Hall–Kier alpha value is -0.870. The lowest BCUT2D eigenvalue weighted by atomic mass is 10.0. The number of allylic oxidation sites excluding steroid dienone is 2. The molecule has 0 aromatic carbocycles. The van der Waals surface area contributed by atoms with Crippen LogP contribution in [-0.2, 0) is 4.79 Å². The second-order valence-corrected chi connectivity index (χ2v) is 10.9. The monoisotopic (exact) mass is 509 g/mol. The molecule has 4 nitrogen and oxygen atoms in total. The molecule has 0 aromatic rings. The predicted octanol–water partition coefficient (Wildman–Crippen LogP) is 8.78. The number of hydrogen-bond acceptors (Lipinski definition) is 3. The molecule has 0 heterocycles. The maximum atomic E-state index is 12.2. The molecule has 2 unspecified atom stereocenters. The zero-order valence-electron chi connectivity index (χ0n) is 24.3. The Morgan fingerprint density at radius 3 is 1.53 bits per heavy atom. The highest BCUT2D eigenvalue weighted by Crippen LogP contribution is 2.13. The number of carbonyl (C=O) groups excluding carboxylic acids is 1. The molecule has 4 heteroatoms. The first-order valence-electron chi connectivity index (χ1n) is 15.9. The summed E-state index contributed by atoms with van der Waals surface area (Å²) in [5.41, 5.74) is 0. The van der Waals surface area contributed by atoms with E-state index in [2.05, 4.69) is 31.3 Å². The van der Waals surface area contributed by atoms with Crippen LogP contribution < -0.4 is 5.32 Å². The number of nitrogens with one attached hydrogen (secondary N) is 1. The Labute approximate surface area is 225 Å². The van der Waals surface area contributed by atoms with Gasteiger partial charge in [-0.15, -0.1) is 0 Å². The molecule has 0 saturated carbocycles. The molecule has 36 heavy (non-hydrogen) atoms. The first kappa shape index (κ1) is 35.1. The summed E-state index contributed by atoms with van der Waals surface area (Å²) in [4.78, 5) is 12.2. The van der Waals surface area contributed by atoms with Gasteiger partial charge in [0.05, 0.1) is 18.8 Å². The van der Waals surface area contributed by atoms with Gasteiger partial charge in [0.1, 0.15) is 0 Å². The molecule has 0 aliphatic rings. The number of hydrogen-bond donors (Lipinski definition) is 3. The minimum Gasteiger partial charge on any atom is -0.394 e. The molecule has 0 saturated heterocycles. The highest BCUT2D eigenvalue weighted by Gasteiger charge is 2.19. The van der Waals surface area contributed by atoms with Crippen molar-refractivity contribution in [1.82, 2.24) is 5.32 Å². The van der Waals surface area contributed by atoms with Crippen LogP contribution in [0.4, 0.5) is 0 Å². The van der Waals surface area contributed by atoms with Gasteiger partial charge in [-0.05, 0) is 38.5 Å². The van der Waals surface area contributed by atoms with E-state index in [1.165, 1.54) is 116 Å². The molecule has 0 aliphatic carbocycles. The number of unbranched alkanes of at least 4 members (excludes halogenated alkanes) is 19. The SMILES string of the molecule is CCCCCCCCC/C=C\CCCCCCCCCC(=O)NC(CO)C(O)CCCCCCCC. The lowest BCUT2D eigenvalue weighted by Gasteiger charge is -2.22. The molecule has 0 rings (SSSR count). The lowest BCUT2D eigenvalue weighted by molar-refractivity contribution is -0.123. The number of rotatable bonds is 28. The maximum absolute atomic E-state index is 12.2. The van der Waals surface area contributed by atoms with Crippen molar-refractivity contribution in [3.05, 3.63) is 12.2 Å². The van der Waals surface area contributed by atoms with Crippen LogP contribution in [0.2, 0.25) is 0 Å². The minimum atomic E-state index is -0.653. The number of aliphatic hydroxyl groups is 2. The summed E-state index contributed by atoms with van der Waals surface area (Å²) in [6, 6.07) is -0.530. The fraction of sp³-hybridized carbons (Fsp3) is 0.906. The summed E-state index contributed by atoms with van der Waals surface area (Å²) in [6.45, 7) is 4.28. The third-order valence-corrected chi connectivity index (χ3v) is 7.28. The highest BCUT2D eigenvalue weighted by molar-refractivity contribution is 5.76. The van der Waals surface area contributed by atoms with Gasteiger partial charge in [-0.1, -0.05) is 135 Å². The van der Waals surface area contributed by atoms with Crippen molar-refractivity contribution in [1.29, 1.82) is 0 Å². The molecule has 214 valence electrons. The van der Waals surface area contributed by atoms with Gasteiger partial charge in [0.25, 0.3) is 0 Å². The molecule has 0 aromatic heterocycles. The summed E-state index contributed by atoms with van der Waals surface area (Å²) in [7, 11) is 0. The third kappa shape index (κ3) is 24.8. The van der Waals surface area contributed by atoms with E-state index >= 15 is 0 Å². The van der Waals surface area contributed by atoms with Gasteiger partial charge in [-0.25, -0.2) is 0 Å². The normalized spacial score (nSPS) is 13.3. The molecule has 0 bridgehead atoms. The fourth-order valence-electron chi connectivity index (χ4n) is 4.76. The first-order valence-corrected chi connectivity index (χ1v) is 15.9. The lowest BCUT2D eigenvalue weighted by Crippen LogP contribution is -2.45. The molecule has 0 aliphatic heterocycles. The average molecular weight is 510 g/mol. The first-order chi connectivity index (χ1) is 17.7. The second-order valence-electron chi connectivity index (χ2n) is 10.9. The molecule has 2 atom stereocenters. The molecule has 1 amide bonds. The number of carbonyl (C=O) groups is 1. The Kier molecular flexibility index (Phi) is 28.0. The molecule has 3 N–H and O–H groups in total. The van der Waals surface area contributed by atoms with E-state index in [0.29, 0.717) is 12.8 Å². The molecule has 0 fully saturated rings. The van der Waals surface area contributed by atoms with Gasteiger partial charge >= 0.3 is 0 Å². The van der Waals surface area contributed by atoms with Crippen LogP contribution in [0.5, 0.6) is 0 Å². The average Bonchev–Trinajstić information content (AvgIpc) is 2.88. The summed E-state index contributed by atoms with van der Waals surface area (Å²) >= 11 is 0. The van der Waals surface area contributed by atoms with Gasteiger partial charge in [0, 0.05) is 6.42 Å². The van der Waals surface area contributed by atoms with E-state index < -0.39 is 12.1 Å². The van der Waals surface area contributed by atoms with E-state index in [0.717, 1.165) is 25.7 Å². The summed E-state index contributed by atoms with van der Waals surface area (Å²) in [5, 5.41) is 22.7. The number of aliphatic hydroxyl groups excluding tert-OH is 2. The summed E-state index contributed by atoms with van der Waals surface area (Å²) < 4.78 is 0. The predicted molar refractivity (Wildman–Crippen MR) is 156 cm³/mol. The quantitative estimate of drug-likeness (QED) is 0.0729. The maximum Gasteiger partial charge on any atom is 0.220 e. The summed E-state index contributed by atoms with van der Waals surface area (Å²) in [6.07, 6.45) is 32.7. The molecule has 0 spiro atoms. The van der Waals surface area contributed by atoms with Crippen molar-refractivity contribution in [3.8, 4) is 0 Å².